The Balaban J connectivity index is 1.96. The van der Waals surface area contributed by atoms with Gasteiger partial charge in [-0.1, -0.05) is 12.1 Å². The predicted octanol–water partition coefficient (Wildman–Crippen LogP) is 3.71. The normalized spacial score (nSPS) is 19.8. The summed E-state index contributed by atoms with van der Waals surface area (Å²) in [5.41, 5.74) is 1.75. The van der Waals surface area contributed by atoms with Gasteiger partial charge in [-0.05, 0) is 25.1 Å². The molecule has 0 aliphatic carbocycles. The summed E-state index contributed by atoms with van der Waals surface area (Å²) in [6.07, 6.45) is -4.24. The first-order chi connectivity index (χ1) is 14.4. The molecule has 31 heavy (non-hydrogen) atoms. The van der Waals surface area contributed by atoms with Gasteiger partial charge in [0.1, 0.15) is 17.7 Å². The highest BCUT2D eigenvalue weighted by molar-refractivity contribution is 5.98. The molecular formula is C20H16F5N5O. The average Bonchev–Trinajstić information content (AvgIpc) is 3.08. The molecule has 0 saturated carbocycles. The first kappa shape index (κ1) is 20.8. The molecule has 0 radical (unpaired) electrons. The van der Waals surface area contributed by atoms with Crippen LogP contribution in [0.1, 0.15) is 24.5 Å². The number of rotatable bonds is 2. The fraction of sp³-hybridized carbons (Fsp3) is 0.250. The van der Waals surface area contributed by atoms with Crippen LogP contribution in [-0.4, -0.2) is 33.4 Å². The Labute approximate surface area is 172 Å². The van der Waals surface area contributed by atoms with E-state index in [-0.39, 0.29) is 29.1 Å². The van der Waals surface area contributed by atoms with E-state index >= 15 is 4.39 Å². The number of alkyl halides is 3. The number of aliphatic imine (C=N–C) groups is 1. The van der Waals surface area contributed by atoms with Crippen molar-refractivity contribution < 1.29 is 26.7 Å². The minimum atomic E-state index is -5.03. The molecule has 0 unspecified atom stereocenters. The van der Waals surface area contributed by atoms with E-state index in [2.05, 4.69) is 9.98 Å². The maximum absolute atomic E-state index is 15.6. The Morgan fingerprint density at radius 2 is 1.87 bits per heavy atom. The van der Waals surface area contributed by atoms with Crippen molar-refractivity contribution in [1.82, 2.24) is 14.5 Å². The third-order valence-corrected chi connectivity index (χ3v) is 5.34. The molecule has 3 aromatic rings. The number of nitrogens with zero attached hydrogens (tertiary/aromatic N) is 4. The minimum Gasteiger partial charge on any atom is -0.369 e. The van der Waals surface area contributed by atoms with Gasteiger partial charge in [-0.15, -0.1) is 0 Å². The Morgan fingerprint density at radius 3 is 2.52 bits per heavy atom. The number of benzene rings is 2. The molecule has 11 heteroatoms. The van der Waals surface area contributed by atoms with E-state index in [1.165, 1.54) is 32.2 Å². The number of halogens is 5. The van der Waals surface area contributed by atoms with E-state index in [4.69, 9.17) is 5.73 Å². The zero-order chi connectivity index (χ0) is 22.7. The van der Waals surface area contributed by atoms with Crippen LogP contribution in [0, 0.1) is 11.6 Å². The van der Waals surface area contributed by atoms with Gasteiger partial charge in [-0.2, -0.15) is 13.2 Å². The van der Waals surface area contributed by atoms with Crippen LogP contribution in [0.3, 0.4) is 0 Å². The van der Waals surface area contributed by atoms with Gasteiger partial charge in [-0.3, -0.25) is 14.3 Å². The molecule has 0 bridgehead atoms. The first-order valence-corrected chi connectivity index (χ1v) is 9.08. The van der Waals surface area contributed by atoms with Crippen LogP contribution in [0.5, 0.6) is 0 Å². The maximum atomic E-state index is 15.6. The molecule has 1 atom stereocenters. The van der Waals surface area contributed by atoms with E-state index in [9.17, 15) is 22.4 Å². The second-order valence-corrected chi connectivity index (χ2v) is 7.41. The number of aromatic nitrogens is 2. The summed E-state index contributed by atoms with van der Waals surface area (Å²) in [6, 6.07) is 5.76. The van der Waals surface area contributed by atoms with Crippen molar-refractivity contribution >= 4 is 22.9 Å². The lowest BCUT2D eigenvalue weighted by Gasteiger charge is -2.34. The van der Waals surface area contributed by atoms with Crippen molar-refractivity contribution in [2.45, 2.75) is 25.1 Å². The van der Waals surface area contributed by atoms with Gasteiger partial charge in [0, 0.05) is 12.6 Å². The molecule has 0 saturated heterocycles. The van der Waals surface area contributed by atoms with Gasteiger partial charge in [0.05, 0.1) is 28.7 Å². The number of imidazole rings is 1. The van der Waals surface area contributed by atoms with Crippen molar-refractivity contribution in [3.05, 3.63) is 59.4 Å². The zero-order valence-corrected chi connectivity index (χ0v) is 16.3. The molecule has 2 aromatic carbocycles. The molecule has 2 N–H and O–H groups in total. The highest BCUT2D eigenvalue weighted by atomic mass is 19.4. The fourth-order valence-electron chi connectivity index (χ4n) is 3.72. The van der Waals surface area contributed by atoms with Crippen LogP contribution in [0.25, 0.3) is 16.7 Å². The molecule has 1 amide bonds. The third kappa shape index (κ3) is 3.20. The lowest BCUT2D eigenvalue weighted by Crippen LogP contribution is -2.47. The number of carbonyl (C=O) groups excluding carboxylic acids is 1. The summed E-state index contributed by atoms with van der Waals surface area (Å²) in [6.45, 7) is 1.50. The monoisotopic (exact) mass is 437 g/mol. The minimum absolute atomic E-state index is 0.0405. The Kier molecular flexibility index (Phi) is 4.52. The lowest BCUT2D eigenvalue weighted by atomic mass is 9.87. The van der Waals surface area contributed by atoms with E-state index in [0.717, 1.165) is 21.9 Å². The molecule has 4 rings (SSSR count). The van der Waals surface area contributed by atoms with Crippen molar-refractivity contribution in [1.29, 1.82) is 0 Å². The Bertz CT molecular complexity index is 1250. The van der Waals surface area contributed by atoms with Crippen molar-refractivity contribution in [2.24, 2.45) is 10.7 Å². The molecule has 2 heterocycles. The number of carbonyl (C=O) groups is 1. The number of hydrogen-bond donors (Lipinski definition) is 1. The molecule has 162 valence electrons. The van der Waals surface area contributed by atoms with E-state index in [1.54, 1.807) is 0 Å². The van der Waals surface area contributed by atoms with Gasteiger partial charge in [0.25, 0.3) is 0 Å². The molecule has 0 fully saturated rings. The second kappa shape index (κ2) is 6.76. The largest absolute Gasteiger partial charge is 0.421 e. The standard InChI is InChI=1S/C20H16F5N5O/c1-19(8-14(31)29(2)18(26)28-19)10-4-3-5-13(16(10)22)30-9-27-12-7-6-11(21)15(17(12)30)20(23,24)25/h3-7,9H,8H2,1-2H3,(H2,26,28)/t19-/m0/s1. The van der Waals surface area contributed by atoms with Crippen LogP contribution in [-0.2, 0) is 16.5 Å². The molecule has 6 nitrogen and oxygen atoms in total. The topological polar surface area (TPSA) is 76.5 Å². The Morgan fingerprint density at radius 1 is 1.16 bits per heavy atom. The fourth-order valence-corrected chi connectivity index (χ4v) is 3.72. The smallest absolute Gasteiger partial charge is 0.369 e. The van der Waals surface area contributed by atoms with Gasteiger partial charge in [0.2, 0.25) is 5.91 Å². The molecular weight excluding hydrogens is 421 g/mol. The van der Waals surface area contributed by atoms with Gasteiger partial charge < -0.3 is 5.73 Å². The summed E-state index contributed by atoms with van der Waals surface area (Å²) >= 11 is 0. The van der Waals surface area contributed by atoms with Crippen LogP contribution in [0.15, 0.2) is 41.7 Å². The van der Waals surface area contributed by atoms with Gasteiger partial charge in [0.15, 0.2) is 11.8 Å². The first-order valence-electron chi connectivity index (χ1n) is 9.08. The van der Waals surface area contributed by atoms with E-state index in [0.29, 0.717) is 6.07 Å². The second-order valence-electron chi connectivity index (χ2n) is 7.41. The van der Waals surface area contributed by atoms with Gasteiger partial charge >= 0.3 is 6.18 Å². The number of amides is 1. The third-order valence-electron chi connectivity index (χ3n) is 5.34. The highest BCUT2D eigenvalue weighted by Crippen LogP contribution is 2.40. The predicted molar refractivity (Wildman–Crippen MR) is 102 cm³/mol. The molecule has 1 aliphatic rings. The molecule has 0 spiro atoms. The summed E-state index contributed by atoms with van der Waals surface area (Å²) in [5, 5.41) is 0. The van der Waals surface area contributed by atoms with Gasteiger partial charge in [-0.25, -0.2) is 18.8 Å². The summed E-state index contributed by atoms with van der Waals surface area (Å²) < 4.78 is 71.2. The van der Waals surface area contributed by atoms with E-state index in [1.807, 2.05) is 0 Å². The molecule has 1 aromatic heterocycles. The number of nitrogens with two attached hydrogens (primary N) is 1. The highest BCUT2D eigenvalue weighted by Gasteiger charge is 2.40. The van der Waals surface area contributed by atoms with Crippen LogP contribution >= 0.6 is 0 Å². The number of guanidine groups is 1. The SMILES string of the molecule is CN1C(=O)C[C@@](C)(c2cccc(-n3cnc4ccc(F)c(C(F)(F)F)c43)c2F)N=C1N. The summed E-state index contributed by atoms with van der Waals surface area (Å²) in [4.78, 5) is 21.5. The lowest BCUT2D eigenvalue weighted by molar-refractivity contribution is -0.138. The zero-order valence-electron chi connectivity index (χ0n) is 16.3. The quantitative estimate of drug-likeness (QED) is 0.621. The van der Waals surface area contributed by atoms with Crippen molar-refractivity contribution in [3.63, 3.8) is 0 Å². The van der Waals surface area contributed by atoms with Crippen LogP contribution in [0.2, 0.25) is 0 Å². The average molecular weight is 437 g/mol. The van der Waals surface area contributed by atoms with Crippen LogP contribution < -0.4 is 5.73 Å². The van der Waals surface area contributed by atoms with Crippen LogP contribution in [0.4, 0.5) is 22.0 Å². The molecule has 1 aliphatic heterocycles. The van der Waals surface area contributed by atoms with Crippen molar-refractivity contribution in [3.8, 4) is 5.69 Å². The number of hydrogen-bond acceptors (Lipinski definition) is 4. The summed E-state index contributed by atoms with van der Waals surface area (Å²) in [7, 11) is 1.43. The Hall–Kier alpha value is -3.50. The maximum Gasteiger partial charge on any atom is 0.421 e. The number of fused-ring (bicyclic) bond motifs is 1. The summed E-state index contributed by atoms with van der Waals surface area (Å²) in [5.74, 6) is -2.92. The van der Waals surface area contributed by atoms with E-state index < -0.39 is 40.3 Å². The van der Waals surface area contributed by atoms with Crippen molar-refractivity contribution in [2.75, 3.05) is 7.05 Å².